The first-order valence-corrected chi connectivity index (χ1v) is 0. The van der Waals surface area contributed by atoms with E-state index in [2.05, 4.69) is 0 Å². The summed E-state index contributed by atoms with van der Waals surface area (Å²) in [6.07, 6.45) is 0. The third-order valence-electron chi connectivity index (χ3n) is 0. The van der Waals surface area contributed by atoms with Crippen molar-refractivity contribution in [3.63, 3.8) is 0 Å². The molecule has 0 heterocycles. The molecule has 6 heavy (non-hydrogen) atoms. The fraction of sp³-hybridized carbons (Fsp3) is 0. The normalized spacial score (nSPS) is 0. The Hall–Kier alpha value is 3.75. The van der Waals surface area contributed by atoms with Gasteiger partial charge in [0, 0.05) is 91.5 Å². The standard InChI is InChI=1S/BH3.Cu.Fe.Nd.Ni.Sn.2H/h1H3;;;;;;;. The van der Waals surface area contributed by atoms with Gasteiger partial charge in [0.2, 0.25) is 0 Å². The third kappa shape index (κ3) is 25.1. The maximum atomic E-state index is 0. The van der Waals surface area contributed by atoms with Crippen molar-refractivity contribution in [3.8, 4) is 0 Å². The van der Waals surface area contributed by atoms with Gasteiger partial charge >= 0.3 is 23.9 Å². The second kappa shape index (κ2) is 37.4. The van der Waals surface area contributed by atoms with Gasteiger partial charge in [-0.15, -0.1) is 0 Å². The topological polar surface area (TPSA) is 0 Å². The number of hydrogen-bond donors (Lipinski definition) is 0. The molecule has 0 saturated carbocycles. The molecule has 3 radical (unpaired) electrons. The Balaban J connectivity index is 0. The quantitative estimate of drug-likeness (QED) is 0.366. The van der Waals surface area contributed by atoms with Crippen LogP contribution in [0.4, 0.5) is 0 Å². The average Bonchev–Trinajstić information content (AvgIpc) is 0. The molecule has 0 aliphatic rings. The molecule has 0 saturated heterocycles. The Morgan fingerprint density at radius 1 is 1.00 bits per heavy atom. The van der Waals surface area contributed by atoms with Crippen LogP contribution in [0.5, 0.6) is 0 Å². The first-order valence-electron chi connectivity index (χ1n) is 0. The van der Waals surface area contributed by atoms with E-state index in [4.69, 9.17) is 0 Å². The van der Waals surface area contributed by atoms with Crippen LogP contribution >= 0.6 is 0 Å². The van der Waals surface area contributed by atoms with Crippen molar-refractivity contribution in [2.75, 3.05) is 0 Å². The van der Waals surface area contributed by atoms with E-state index in [0.717, 1.165) is 0 Å². The van der Waals surface area contributed by atoms with Crippen molar-refractivity contribution < 1.29 is 91.5 Å². The predicted octanol–water partition coefficient (Wildman–Crippen LogP) is -2.11. The monoisotopic (exact) mass is 455 g/mol. The molecule has 0 aromatic heterocycles. The van der Waals surface area contributed by atoms with E-state index >= 15 is 0 Å². The molecule has 0 bridgehead atoms. The summed E-state index contributed by atoms with van der Waals surface area (Å²) in [5, 5.41) is 0. The summed E-state index contributed by atoms with van der Waals surface area (Å²) in [6, 6.07) is 0. The van der Waals surface area contributed by atoms with Crippen LogP contribution in [0.25, 0.3) is 0 Å². The zero-order valence-electron chi connectivity index (χ0n) is 2.18. The van der Waals surface area contributed by atoms with Gasteiger partial charge in [-0.05, 0) is 0 Å². The Labute approximate surface area is 121 Å². The van der Waals surface area contributed by atoms with Crippen LogP contribution in [0, 0.1) is 40.8 Å². The van der Waals surface area contributed by atoms with Crippen molar-refractivity contribution in [2.24, 2.45) is 0 Å². The summed E-state index contributed by atoms with van der Waals surface area (Å²) in [4.78, 5) is 0. The summed E-state index contributed by atoms with van der Waals surface area (Å²) in [5.41, 5.74) is 0. The Morgan fingerprint density at radius 3 is 1.00 bits per heavy atom. The van der Waals surface area contributed by atoms with E-state index in [0.29, 0.717) is 0 Å². The zero-order chi connectivity index (χ0) is 0. The number of rotatable bonds is 0. The van der Waals surface area contributed by atoms with Gasteiger partial charge in [0.15, 0.2) is 0 Å². The van der Waals surface area contributed by atoms with Gasteiger partial charge in [-0.25, -0.2) is 0 Å². The molecular weight excluding hydrogens is 452 g/mol. The first kappa shape index (κ1) is 53.1. The molecule has 0 amide bonds. The van der Waals surface area contributed by atoms with Crippen molar-refractivity contribution in [3.05, 3.63) is 0 Å². The number of hydrogen-bond acceptors (Lipinski definition) is 0. The fourth-order valence-corrected chi connectivity index (χ4v) is 0. The zero-order valence-corrected chi connectivity index (χ0v) is 12.5. The fourth-order valence-electron chi connectivity index (χ4n) is 0. The Morgan fingerprint density at radius 2 is 1.00 bits per heavy atom. The summed E-state index contributed by atoms with van der Waals surface area (Å²) in [6.45, 7) is 0. The van der Waals surface area contributed by atoms with Crippen LogP contribution in [-0.2, 0) is 50.6 Å². The van der Waals surface area contributed by atoms with Gasteiger partial charge in [-0.2, -0.15) is 0 Å². The second-order valence-corrected chi connectivity index (χ2v) is 0. The van der Waals surface area contributed by atoms with Crippen LogP contribution in [0.15, 0.2) is 0 Å². The van der Waals surface area contributed by atoms with Gasteiger partial charge in [0.1, 0.15) is 0 Å². The molecular formula is H5BCuFeNdNiSn. The Kier molecular flexibility index (Phi) is 331. The molecule has 6 heteroatoms. The molecule has 0 nitrogen and oxygen atoms in total. The molecule has 0 N–H and O–H groups in total. The second-order valence-electron chi connectivity index (χ2n) is 0. The summed E-state index contributed by atoms with van der Waals surface area (Å²) < 4.78 is 0. The molecule has 0 rings (SSSR count). The van der Waals surface area contributed by atoms with Crippen molar-refractivity contribution >= 4 is 32.3 Å². The molecule has 0 aliphatic carbocycles. The molecule has 0 atom stereocenters. The van der Waals surface area contributed by atoms with E-state index in [9.17, 15) is 0 Å². The van der Waals surface area contributed by atoms with Gasteiger partial charge in [-0.3, -0.25) is 0 Å². The Bertz CT molecular complexity index is 15.5. The van der Waals surface area contributed by atoms with Crippen molar-refractivity contribution in [1.29, 1.82) is 0 Å². The maximum absolute atomic E-state index is 0. The van der Waals surface area contributed by atoms with E-state index in [1.54, 1.807) is 0 Å². The van der Waals surface area contributed by atoms with Crippen LogP contribution in [0.3, 0.4) is 0 Å². The van der Waals surface area contributed by atoms with E-state index in [1.807, 2.05) is 0 Å². The summed E-state index contributed by atoms with van der Waals surface area (Å²) in [7, 11) is 0. The average molecular weight is 457 g/mol. The molecule has 0 unspecified atom stereocenters. The van der Waals surface area contributed by atoms with E-state index in [1.165, 1.54) is 0 Å². The van der Waals surface area contributed by atoms with Crippen LogP contribution in [0.2, 0.25) is 0 Å². The molecule has 0 spiro atoms. The van der Waals surface area contributed by atoms with Crippen LogP contribution in [-0.4, -0.2) is 32.3 Å². The third-order valence-corrected chi connectivity index (χ3v) is 0. The van der Waals surface area contributed by atoms with Crippen molar-refractivity contribution in [2.45, 2.75) is 0 Å². The summed E-state index contributed by atoms with van der Waals surface area (Å²) in [5.74, 6) is 0. The van der Waals surface area contributed by atoms with Gasteiger partial charge in [0.25, 0.3) is 0 Å². The van der Waals surface area contributed by atoms with Gasteiger partial charge < -0.3 is 0 Å². The van der Waals surface area contributed by atoms with Crippen molar-refractivity contribution in [1.82, 2.24) is 0 Å². The molecule has 0 aromatic carbocycles. The van der Waals surface area contributed by atoms with Crippen LogP contribution < -0.4 is 0 Å². The SMILES string of the molecule is B.[Cu].[Fe].[Nd].[Ni].[SnH2]. The molecule has 0 aromatic rings. The van der Waals surface area contributed by atoms with E-state index in [-0.39, 0.29) is 124 Å². The van der Waals surface area contributed by atoms with Crippen LogP contribution in [0.1, 0.15) is 0 Å². The minimum atomic E-state index is 0. The van der Waals surface area contributed by atoms with Gasteiger partial charge in [-0.1, -0.05) is 0 Å². The predicted molar refractivity (Wildman–Crippen MR) is 18.5 cm³/mol. The van der Waals surface area contributed by atoms with Gasteiger partial charge in [0.05, 0.1) is 8.41 Å². The first-order chi connectivity index (χ1) is 0. The molecule has 0 fully saturated rings. The molecule has 45 valence electrons. The summed E-state index contributed by atoms with van der Waals surface area (Å²) >= 11 is 0. The minimum absolute atomic E-state index is 0. The van der Waals surface area contributed by atoms with E-state index < -0.39 is 0 Å². The molecule has 0 aliphatic heterocycles.